The molecule has 0 amide bonds. The van der Waals surface area contributed by atoms with Crippen LogP contribution in [0.1, 0.15) is 42.9 Å². The molecule has 0 aliphatic carbocycles. The first kappa shape index (κ1) is 21.7. The smallest absolute Gasteiger partial charge is 0.225 e. The standard InChI is InChI=1S/C25H32N6O2/c1-32-22-8-7-18(14-23(22)33-2)16-30-11-5-6-19(17-30)24-20(15-27-29-24)21-9-10-26-25(28-21)31-12-3-4-13-31/h7-10,14-15,19H,3-6,11-13,16-17H2,1-2H3,(H,27,29)/t19-/m0/s1. The van der Waals surface area contributed by atoms with Gasteiger partial charge in [0.25, 0.3) is 0 Å². The molecule has 8 heteroatoms. The molecule has 1 aromatic carbocycles. The van der Waals surface area contributed by atoms with E-state index in [0.29, 0.717) is 5.92 Å². The van der Waals surface area contributed by atoms with Crippen LogP contribution in [0.5, 0.6) is 11.5 Å². The maximum absolute atomic E-state index is 5.48. The Kier molecular flexibility index (Phi) is 6.44. The summed E-state index contributed by atoms with van der Waals surface area (Å²) in [5, 5.41) is 7.70. The fraction of sp³-hybridized carbons (Fsp3) is 0.480. The minimum absolute atomic E-state index is 0.390. The van der Waals surface area contributed by atoms with Gasteiger partial charge in [0, 0.05) is 49.6 Å². The van der Waals surface area contributed by atoms with Crippen LogP contribution < -0.4 is 14.4 Å². The van der Waals surface area contributed by atoms with Crippen molar-refractivity contribution in [1.82, 2.24) is 25.1 Å². The van der Waals surface area contributed by atoms with Gasteiger partial charge in [0.05, 0.1) is 26.1 Å². The van der Waals surface area contributed by atoms with Crippen molar-refractivity contribution in [3.8, 4) is 22.8 Å². The predicted octanol–water partition coefficient (Wildman–Crippen LogP) is 3.86. The molecule has 0 bridgehead atoms. The normalized spacial score (nSPS) is 19.1. The summed E-state index contributed by atoms with van der Waals surface area (Å²) in [7, 11) is 3.35. The lowest BCUT2D eigenvalue weighted by Gasteiger charge is -2.32. The van der Waals surface area contributed by atoms with Gasteiger partial charge < -0.3 is 14.4 Å². The molecule has 8 nitrogen and oxygen atoms in total. The zero-order chi connectivity index (χ0) is 22.6. The number of nitrogens with one attached hydrogen (secondary N) is 1. The lowest BCUT2D eigenvalue weighted by molar-refractivity contribution is 0.198. The highest BCUT2D eigenvalue weighted by molar-refractivity contribution is 5.63. The quantitative estimate of drug-likeness (QED) is 0.588. The molecule has 0 spiro atoms. The van der Waals surface area contributed by atoms with E-state index in [4.69, 9.17) is 14.5 Å². The molecule has 2 aliphatic rings. The molecule has 1 atom stereocenters. The number of hydrogen-bond donors (Lipinski definition) is 1. The number of H-pyrrole nitrogens is 1. The molecule has 174 valence electrons. The van der Waals surface area contributed by atoms with Crippen LogP contribution >= 0.6 is 0 Å². The number of likely N-dealkylation sites (tertiary alicyclic amines) is 1. The zero-order valence-electron chi connectivity index (χ0n) is 19.5. The Morgan fingerprint density at radius 2 is 1.88 bits per heavy atom. The fourth-order valence-electron chi connectivity index (χ4n) is 5.05. The first-order valence-electron chi connectivity index (χ1n) is 11.8. The highest BCUT2D eigenvalue weighted by Crippen LogP contribution is 2.34. The SMILES string of the molecule is COc1ccc(CN2CCC[C@H](c3[nH]ncc3-c3ccnc(N4CCCC4)n3)C2)cc1OC. The number of hydrogen-bond acceptors (Lipinski definition) is 7. The summed E-state index contributed by atoms with van der Waals surface area (Å²) < 4.78 is 10.9. The molecule has 4 heterocycles. The molecule has 1 N–H and O–H groups in total. The minimum Gasteiger partial charge on any atom is -0.493 e. The summed E-state index contributed by atoms with van der Waals surface area (Å²) >= 11 is 0. The van der Waals surface area contributed by atoms with E-state index in [-0.39, 0.29) is 0 Å². The Hall–Kier alpha value is -3.13. The first-order chi connectivity index (χ1) is 16.2. The number of piperidine rings is 1. The van der Waals surface area contributed by atoms with Crippen molar-refractivity contribution in [3.63, 3.8) is 0 Å². The second-order valence-corrected chi connectivity index (χ2v) is 8.90. The topological polar surface area (TPSA) is 79.4 Å². The second-order valence-electron chi connectivity index (χ2n) is 8.90. The molecule has 5 rings (SSSR count). The number of ether oxygens (including phenoxy) is 2. The molecule has 2 saturated heterocycles. The van der Waals surface area contributed by atoms with E-state index in [9.17, 15) is 0 Å². The van der Waals surface area contributed by atoms with Gasteiger partial charge in [-0.05, 0) is 56.0 Å². The van der Waals surface area contributed by atoms with Crippen LogP contribution in [0.4, 0.5) is 5.95 Å². The van der Waals surface area contributed by atoms with Gasteiger partial charge in [0.2, 0.25) is 5.95 Å². The highest BCUT2D eigenvalue weighted by atomic mass is 16.5. The van der Waals surface area contributed by atoms with Gasteiger partial charge in [-0.3, -0.25) is 10.00 Å². The van der Waals surface area contributed by atoms with Crippen LogP contribution in [0.2, 0.25) is 0 Å². The third kappa shape index (κ3) is 4.66. The molecular weight excluding hydrogens is 416 g/mol. The van der Waals surface area contributed by atoms with Crippen molar-refractivity contribution in [2.24, 2.45) is 0 Å². The number of rotatable bonds is 7. The summed E-state index contributed by atoms with van der Waals surface area (Å²) in [5.41, 5.74) is 4.45. The van der Waals surface area contributed by atoms with Crippen molar-refractivity contribution >= 4 is 5.95 Å². The van der Waals surface area contributed by atoms with Crippen molar-refractivity contribution in [1.29, 1.82) is 0 Å². The van der Waals surface area contributed by atoms with E-state index in [1.165, 1.54) is 24.1 Å². The number of anilines is 1. The number of aromatic nitrogens is 4. The third-order valence-corrected chi connectivity index (χ3v) is 6.74. The van der Waals surface area contributed by atoms with E-state index < -0.39 is 0 Å². The van der Waals surface area contributed by atoms with Crippen LogP contribution in [0, 0.1) is 0 Å². The van der Waals surface area contributed by atoms with Crippen LogP contribution in [0.25, 0.3) is 11.3 Å². The highest BCUT2D eigenvalue weighted by Gasteiger charge is 2.26. The summed E-state index contributed by atoms with van der Waals surface area (Å²) in [4.78, 5) is 14.2. The molecule has 2 fully saturated rings. The van der Waals surface area contributed by atoms with E-state index >= 15 is 0 Å². The van der Waals surface area contributed by atoms with Crippen LogP contribution in [-0.4, -0.2) is 65.5 Å². The summed E-state index contributed by atoms with van der Waals surface area (Å²) in [6.45, 7) is 5.02. The van der Waals surface area contributed by atoms with E-state index in [0.717, 1.165) is 74.3 Å². The van der Waals surface area contributed by atoms with Gasteiger partial charge in [0.15, 0.2) is 11.5 Å². The van der Waals surface area contributed by atoms with Crippen molar-refractivity contribution in [3.05, 3.63) is 47.9 Å². The molecule has 2 aliphatic heterocycles. The monoisotopic (exact) mass is 448 g/mol. The Morgan fingerprint density at radius 3 is 2.70 bits per heavy atom. The second kappa shape index (κ2) is 9.79. The Morgan fingerprint density at radius 1 is 1.03 bits per heavy atom. The molecule has 0 saturated carbocycles. The van der Waals surface area contributed by atoms with Gasteiger partial charge in [-0.15, -0.1) is 0 Å². The molecule has 2 aromatic heterocycles. The number of aromatic amines is 1. The number of methoxy groups -OCH3 is 2. The first-order valence-corrected chi connectivity index (χ1v) is 11.8. The summed E-state index contributed by atoms with van der Waals surface area (Å²) in [6, 6.07) is 8.17. The molecular formula is C25H32N6O2. The van der Waals surface area contributed by atoms with Crippen LogP contribution in [-0.2, 0) is 6.54 Å². The molecule has 3 aromatic rings. The summed E-state index contributed by atoms with van der Waals surface area (Å²) in [5.74, 6) is 2.76. The van der Waals surface area contributed by atoms with E-state index in [2.05, 4.69) is 37.1 Å². The largest absolute Gasteiger partial charge is 0.493 e. The van der Waals surface area contributed by atoms with E-state index in [1.54, 1.807) is 14.2 Å². The predicted molar refractivity (Wildman–Crippen MR) is 128 cm³/mol. The average molecular weight is 449 g/mol. The summed E-state index contributed by atoms with van der Waals surface area (Å²) in [6.07, 6.45) is 8.50. The lowest BCUT2D eigenvalue weighted by atomic mass is 9.91. The van der Waals surface area contributed by atoms with Crippen molar-refractivity contribution in [2.45, 2.75) is 38.1 Å². The maximum atomic E-state index is 5.48. The van der Waals surface area contributed by atoms with Gasteiger partial charge in [-0.25, -0.2) is 9.97 Å². The molecule has 33 heavy (non-hydrogen) atoms. The zero-order valence-corrected chi connectivity index (χ0v) is 19.5. The minimum atomic E-state index is 0.390. The van der Waals surface area contributed by atoms with Gasteiger partial charge >= 0.3 is 0 Å². The maximum Gasteiger partial charge on any atom is 0.225 e. The Balaban J connectivity index is 1.32. The molecule has 0 unspecified atom stereocenters. The third-order valence-electron chi connectivity index (χ3n) is 6.74. The fourth-order valence-corrected chi connectivity index (χ4v) is 5.05. The van der Waals surface area contributed by atoms with Crippen LogP contribution in [0.15, 0.2) is 36.7 Å². The van der Waals surface area contributed by atoms with Crippen molar-refractivity contribution in [2.75, 3.05) is 45.3 Å². The molecule has 0 radical (unpaired) electrons. The van der Waals surface area contributed by atoms with Gasteiger partial charge in [-0.1, -0.05) is 6.07 Å². The number of nitrogens with zero attached hydrogens (tertiary/aromatic N) is 5. The van der Waals surface area contributed by atoms with Crippen molar-refractivity contribution < 1.29 is 9.47 Å². The van der Waals surface area contributed by atoms with Crippen LogP contribution in [0.3, 0.4) is 0 Å². The average Bonchev–Trinajstić information content (AvgIpc) is 3.57. The Bertz CT molecular complexity index is 1080. The number of benzene rings is 1. The van der Waals surface area contributed by atoms with Gasteiger partial charge in [0.1, 0.15) is 0 Å². The van der Waals surface area contributed by atoms with Gasteiger partial charge in [-0.2, -0.15) is 5.10 Å². The Labute approximate surface area is 194 Å². The lowest BCUT2D eigenvalue weighted by Crippen LogP contribution is -2.34. The van der Waals surface area contributed by atoms with E-state index in [1.807, 2.05) is 24.5 Å².